The van der Waals surface area contributed by atoms with Gasteiger partial charge in [-0.05, 0) is 51.5 Å². The van der Waals surface area contributed by atoms with E-state index in [0.717, 1.165) is 11.1 Å². The number of anilines is 3. The number of amides is 1. The van der Waals surface area contributed by atoms with E-state index in [2.05, 4.69) is 15.6 Å². The lowest BCUT2D eigenvalue weighted by atomic mass is 10.2. The van der Waals surface area contributed by atoms with Crippen LogP contribution in [0.5, 0.6) is 5.75 Å². The van der Waals surface area contributed by atoms with Gasteiger partial charge >= 0.3 is 6.09 Å². The molecular formula is C18H20ClN3O3. The number of carbonyl (C=O) groups is 1. The van der Waals surface area contributed by atoms with Crippen LogP contribution in [0, 0.1) is 6.92 Å². The molecule has 2 N–H and O–H groups in total. The third-order valence-electron chi connectivity index (χ3n) is 3.53. The second kappa shape index (κ2) is 6.44. The van der Waals surface area contributed by atoms with Crippen molar-refractivity contribution in [3.63, 3.8) is 0 Å². The van der Waals surface area contributed by atoms with Crippen LogP contribution in [-0.2, 0) is 11.3 Å². The summed E-state index contributed by atoms with van der Waals surface area (Å²) in [5.74, 6) is 1.30. The Morgan fingerprint density at radius 2 is 2.16 bits per heavy atom. The lowest BCUT2D eigenvalue weighted by molar-refractivity contribution is 0.0636. The summed E-state index contributed by atoms with van der Waals surface area (Å²) in [6.45, 7) is 7.66. The van der Waals surface area contributed by atoms with Crippen LogP contribution >= 0.6 is 11.6 Å². The van der Waals surface area contributed by atoms with Crippen molar-refractivity contribution in [2.75, 3.05) is 10.6 Å². The largest absolute Gasteiger partial charge is 0.487 e. The van der Waals surface area contributed by atoms with Gasteiger partial charge in [0.15, 0.2) is 0 Å². The number of hydrogen-bond donors (Lipinski definition) is 2. The first-order valence-electron chi connectivity index (χ1n) is 7.91. The minimum Gasteiger partial charge on any atom is -0.487 e. The summed E-state index contributed by atoms with van der Waals surface area (Å²) < 4.78 is 11.1. The zero-order valence-electron chi connectivity index (χ0n) is 14.6. The summed E-state index contributed by atoms with van der Waals surface area (Å²) in [7, 11) is 0. The topological polar surface area (TPSA) is 72.5 Å². The van der Waals surface area contributed by atoms with Gasteiger partial charge in [0.1, 0.15) is 23.8 Å². The number of hydrogen-bond acceptors (Lipinski definition) is 5. The van der Waals surface area contributed by atoms with Crippen molar-refractivity contribution in [2.45, 2.75) is 39.9 Å². The number of pyridine rings is 1. The zero-order chi connectivity index (χ0) is 18.2. The highest BCUT2D eigenvalue weighted by atomic mass is 35.5. The standard InChI is InChI=1S/C18H20ClN3O3/c1-10-8-20-16-12(15(10)19)9-24-14-6-5-11(7-13(14)22-16)21-17(23)25-18(2,3)4/h5-8H,9H2,1-4H3,(H,20,22)(H,21,23). The molecule has 1 aromatic heterocycles. The number of fused-ring (bicyclic) bond motifs is 2. The van der Waals surface area contributed by atoms with E-state index in [1.54, 1.807) is 24.4 Å². The van der Waals surface area contributed by atoms with Crippen LogP contribution in [0.4, 0.5) is 22.0 Å². The molecule has 1 aromatic carbocycles. The Morgan fingerprint density at radius 3 is 2.88 bits per heavy atom. The molecule has 0 unspecified atom stereocenters. The predicted molar refractivity (Wildman–Crippen MR) is 97.9 cm³/mol. The van der Waals surface area contributed by atoms with Gasteiger partial charge in [0.25, 0.3) is 0 Å². The first-order valence-corrected chi connectivity index (χ1v) is 8.28. The normalized spacial score (nSPS) is 12.8. The molecule has 0 spiro atoms. The van der Waals surface area contributed by atoms with Gasteiger partial charge in [0.05, 0.1) is 16.3 Å². The Balaban J connectivity index is 1.85. The van der Waals surface area contributed by atoms with E-state index >= 15 is 0 Å². The Labute approximate surface area is 151 Å². The van der Waals surface area contributed by atoms with Crippen LogP contribution in [0.1, 0.15) is 31.9 Å². The molecule has 0 fully saturated rings. The van der Waals surface area contributed by atoms with Crippen LogP contribution in [0.15, 0.2) is 24.4 Å². The van der Waals surface area contributed by atoms with Crippen molar-refractivity contribution in [3.8, 4) is 5.75 Å². The monoisotopic (exact) mass is 361 g/mol. The molecule has 0 radical (unpaired) electrons. The van der Waals surface area contributed by atoms with Crippen LogP contribution in [0.3, 0.4) is 0 Å². The van der Waals surface area contributed by atoms with E-state index in [1.807, 2.05) is 27.7 Å². The number of rotatable bonds is 1. The molecule has 25 heavy (non-hydrogen) atoms. The van der Waals surface area contributed by atoms with E-state index in [9.17, 15) is 4.79 Å². The molecule has 7 heteroatoms. The highest BCUT2D eigenvalue weighted by molar-refractivity contribution is 6.32. The van der Waals surface area contributed by atoms with Crippen molar-refractivity contribution in [1.29, 1.82) is 0 Å². The first-order chi connectivity index (χ1) is 11.7. The van der Waals surface area contributed by atoms with E-state index in [4.69, 9.17) is 21.1 Å². The summed E-state index contributed by atoms with van der Waals surface area (Å²) in [4.78, 5) is 16.3. The van der Waals surface area contributed by atoms with Gasteiger partial charge in [-0.1, -0.05) is 11.6 Å². The van der Waals surface area contributed by atoms with Crippen molar-refractivity contribution in [1.82, 2.24) is 4.98 Å². The number of nitrogens with zero attached hydrogens (tertiary/aromatic N) is 1. The van der Waals surface area contributed by atoms with Gasteiger partial charge in [-0.15, -0.1) is 0 Å². The van der Waals surface area contributed by atoms with E-state index < -0.39 is 11.7 Å². The number of ether oxygens (including phenoxy) is 2. The first kappa shape index (κ1) is 17.4. The minimum absolute atomic E-state index is 0.321. The molecule has 0 aliphatic carbocycles. The van der Waals surface area contributed by atoms with Crippen LogP contribution in [0.25, 0.3) is 0 Å². The summed E-state index contributed by atoms with van der Waals surface area (Å²) in [6, 6.07) is 5.30. The highest BCUT2D eigenvalue weighted by Gasteiger charge is 2.20. The van der Waals surface area contributed by atoms with Gasteiger partial charge in [-0.25, -0.2) is 9.78 Å². The van der Waals surface area contributed by atoms with Crippen molar-refractivity contribution in [2.24, 2.45) is 0 Å². The van der Waals surface area contributed by atoms with Gasteiger partial charge < -0.3 is 14.8 Å². The highest BCUT2D eigenvalue weighted by Crippen LogP contribution is 2.37. The molecule has 1 aliphatic heterocycles. The van der Waals surface area contributed by atoms with Gasteiger partial charge in [-0.3, -0.25) is 5.32 Å². The third kappa shape index (κ3) is 3.96. The second-order valence-electron chi connectivity index (χ2n) is 6.83. The zero-order valence-corrected chi connectivity index (χ0v) is 15.3. The molecule has 3 rings (SSSR count). The maximum absolute atomic E-state index is 11.9. The van der Waals surface area contributed by atoms with Gasteiger partial charge in [-0.2, -0.15) is 0 Å². The molecule has 2 aromatic rings. The number of aromatic nitrogens is 1. The molecule has 0 bridgehead atoms. The molecule has 0 atom stereocenters. The molecule has 132 valence electrons. The number of nitrogens with one attached hydrogen (secondary N) is 2. The summed E-state index contributed by atoms with van der Waals surface area (Å²) >= 11 is 6.35. The number of halogens is 1. The van der Waals surface area contributed by atoms with E-state index in [0.29, 0.717) is 34.6 Å². The Morgan fingerprint density at radius 1 is 1.40 bits per heavy atom. The Bertz CT molecular complexity index is 831. The van der Waals surface area contributed by atoms with Crippen molar-refractivity contribution >= 4 is 34.9 Å². The van der Waals surface area contributed by atoms with E-state index in [1.165, 1.54) is 0 Å². The Hall–Kier alpha value is -2.47. The maximum Gasteiger partial charge on any atom is 0.412 e. The molecule has 6 nitrogen and oxygen atoms in total. The molecule has 2 heterocycles. The lowest BCUT2D eigenvalue weighted by Crippen LogP contribution is -2.27. The third-order valence-corrected chi connectivity index (χ3v) is 4.06. The fraction of sp³-hybridized carbons (Fsp3) is 0.333. The van der Waals surface area contributed by atoms with Crippen molar-refractivity contribution in [3.05, 3.63) is 40.5 Å². The minimum atomic E-state index is -0.561. The molecule has 0 saturated carbocycles. The molecule has 1 aliphatic rings. The van der Waals surface area contributed by atoms with E-state index in [-0.39, 0.29) is 0 Å². The molecule has 0 saturated heterocycles. The lowest BCUT2D eigenvalue weighted by Gasteiger charge is -2.20. The van der Waals surface area contributed by atoms with Crippen molar-refractivity contribution < 1.29 is 14.3 Å². The van der Waals surface area contributed by atoms with Gasteiger partial charge in [0, 0.05) is 11.9 Å². The fourth-order valence-electron chi connectivity index (χ4n) is 2.41. The smallest absolute Gasteiger partial charge is 0.412 e. The number of aryl methyl sites for hydroxylation is 1. The number of benzene rings is 1. The average molecular weight is 362 g/mol. The van der Waals surface area contributed by atoms with Crippen LogP contribution < -0.4 is 15.4 Å². The molecular weight excluding hydrogens is 342 g/mol. The van der Waals surface area contributed by atoms with Crippen LogP contribution in [-0.4, -0.2) is 16.7 Å². The summed E-state index contributed by atoms with van der Waals surface area (Å²) in [5, 5.41) is 6.57. The summed E-state index contributed by atoms with van der Waals surface area (Å²) in [6.07, 6.45) is 1.20. The Kier molecular flexibility index (Phi) is 4.47. The second-order valence-corrected chi connectivity index (χ2v) is 7.21. The SMILES string of the molecule is Cc1cnc2c(c1Cl)COc1ccc(NC(=O)OC(C)(C)C)cc1N2. The molecule has 1 amide bonds. The predicted octanol–water partition coefficient (Wildman–Crippen LogP) is 5.03. The fourth-order valence-corrected chi connectivity index (χ4v) is 2.60. The van der Waals surface area contributed by atoms with Gasteiger partial charge in [0.2, 0.25) is 0 Å². The average Bonchev–Trinajstić information content (AvgIpc) is 2.68. The summed E-state index contributed by atoms with van der Waals surface area (Å²) in [5.41, 5.74) is 2.42. The van der Waals surface area contributed by atoms with Crippen LogP contribution in [0.2, 0.25) is 5.02 Å². The quantitative estimate of drug-likeness (QED) is 0.745. The maximum atomic E-state index is 11.9. The number of carbonyl (C=O) groups excluding carboxylic acids is 1.